The van der Waals surface area contributed by atoms with Crippen molar-refractivity contribution in [2.75, 3.05) is 0 Å². The summed E-state index contributed by atoms with van der Waals surface area (Å²) in [7, 11) is 0. The molecule has 0 bridgehead atoms. The van der Waals surface area contributed by atoms with Gasteiger partial charge in [0.25, 0.3) is 0 Å². The first-order chi connectivity index (χ1) is 7.66. The number of ketones is 1. The lowest BCUT2D eigenvalue weighted by Crippen LogP contribution is -2.21. The van der Waals surface area contributed by atoms with Gasteiger partial charge in [0.15, 0.2) is 0 Å². The van der Waals surface area contributed by atoms with E-state index in [-0.39, 0.29) is 11.7 Å². The lowest BCUT2D eigenvalue weighted by atomic mass is 9.83. The summed E-state index contributed by atoms with van der Waals surface area (Å²) in [6, 6.07) is 3.56. The highest BCUT2D eigenvalue weighted by molar-refractivity contribution is 5.81. The van der Waals surface area contributed by atoms with E-state index >= 15 is 0 Å². The molecule has 0 heterocycles. The standard InChI is InChI=1S/C13H14F2O/c14-11-6-5-9(12(15)8-11)7-10-3-1-2-4-13(10)16/h5-6,8,10H,1-4,7H2. The predicted molar refractivity (Wildman–Crippen MR) is 57.0 cm³/mol. The van der Waals surface area contributed by atoms with Crippen molar-refractivity contribution in [1.82, 2.24) is 0 Å². The molecule has 16 heavy (non-hydrogen) atoms. The molecule has 1 saturated carbocycles. The minimum atomic E-state index is -0.573. The third-order valence-electron chi connectivity index (χ3n) is 3.16. The van der Waals surface area contributed by atoms with E-state index in [2.05, 4.69) is 0 Å². The normalized spacial score (nSPS) is 21.1. The highest BCUT2D eigenvalue weighted by atomic mass is 19.1. The third kappa shape index (κ3) is 2.46. The fourth-order valence-electron chi connectivity index (χ4n) is 2.22. The number of carbonyl (C=O) groups excluding carboxylic acids is 1. The van der Waals surface area contributed by atoms with E-state index in [0.717, 1.165) is 25.3 Å². The first-order valence-electron chi connectivity index (χ1n) is 5.63. The number of carbonyl (C=O) groups is 1. The van der Waals surface area contributed by atoms with Crippen LogP contribution >= 0.6 is 0 Å². The minimum absolute atomic E-state index is 0.0753. The highest BCUT2D eigenvalue weighted by Crippen LogP contribution is 2.25. The Morgan fingerprint density at radius 2 is 2.06 bits per heavy atom. The molecule has 1 atom stereocenters. The number of Topliss-reactive ketones (excluding diaryl/α,β-unsaturated/α-hetero) is 1. The fraction of sp³-hybridized carbons (Fsp3) is 0.462. The smallest absolute Gasteiger partial charge is 0.136 e. The highest BCUT2D eigenvalue weighted by Gasteiger charge is 2.23. The van der Waals surface area contributed by atoms with E-state index in [1.165, 1.54) is 12.1 Å². The zero-order valence-electron chi connectivity index (χ0n) is 9.01. The summed E-state index contributed by atoms with van der Waals surface area (Å²) in [6.07, 6.45) is 3.81. The molecule has 0 radical (unpaired) electrons. The first-order valence-corrected chi connectivity index (χ1v) is 5.63. The van der Waals surface area contributed by atoms with Gasteiger partial charge in [-0.2, -0.15) is 0 Å². The van der Waals surface area contributed by atoms with Crippen LogP contribution < -0.4 is 0 Å². The van der Waals surface area contributed by atoms with Gasteiger partial charge in [0.2, 0.25) is 0 Å². The molecule has 0 N–H and O–H groups in total. The average Bonchev–Trinajstić information content (AvgIpc) is 2.25. The lowest BCUT2D eigenvalue weighted by molar-refractivity contribution is -0.124. The van der Waals surface area contributed by atoms with Crippen LogP contribution in [0.4, 0.5) is 8.78 Å². The van der Waals surface area contributed by atoms with Crippen molar-refractivity contribution in [2.45, 2.75) is 32.1 Å². The first kappa shape index (κ1) is 11.2. The molecule has 1 fully saturated rings. The van der Waals surface area contributed by atoms with Gasteiger partial charge in [-0.25, -0.2) is 8.78 Å². The maximum absolute atomic E-state index is 13.4. The maximum Gasteiger partial charge on any atom is 0.136 e. The van der Waals surface area contributed by atoms with E-state index in [9.17, 15) is 13.6 Å². The van der Waals surface area contributed by atoms with Crippen LogP contribution in [0.1, 0.15) is 31.2 Å². The Labute approximate surface area is 93.5 Å². The second-order valence-electron chi connectivity index (χ2n) is 4.35. The molecule has 0 aromatic heterocycles. The van der Waals surface area contributed by atoms with Crippen molar-refractivity contribution in [3.8, 4) is 0 Å². The lowest BCUT2D eigenvalue weighted by Gasteiger charge is -2.20. The van der Waals surface area contributed by atoms with Gasteiger partial charge in [-0.05, 0) is 30.9 Å². The van der Waals surface area contributed by atoms with Crippen molar-refractivity contribution in [3.63, 3.8) is 0 Å². The number of hydrogen-bond acceptors (Lipinski definition) is 1. The zero-order valence-corrected chi connectivity index (χ0v) is 9.01. The Balaban J connectivity index is 2.10. The molecule has 1 nitrogen and oxygen atoms in total. The van der Waals surface area contributed by atoms with Crippen molar-refractivity contribution in [2.24, 2.45) is 5.92 Å². The van der Waals surface area contributed by atoms with Gasteiger partial charge >= 0.3 is 0 Å². The maximum atomic E-state index is 13.4. The molecule has 3 heteroatoms. The topological polar surface area (TPSA) is 17.1 Å². The molecule has 0 aliphatic heterocycles. The zero-order chi connectivity index (χ0) is 11.5. The van der Waals surface area contributed by atoms with Gasteiger partial charge in [0.05, 0.1) is 0 Å². The van der Waals surface area contributed by atoms with Crippen LogP contribution in [0.15, 0.2) is 18.2 Å². The summed E-state index contributed by atoms with van der Waals surface area (Å²) in [5, 5.41) is 0. The number of hydrogen-bond donors (Lipinski definition) is 0. The largest absolute Gasteiger partial charge is 0.299 e. The van der Waals surface area contributed by atoms with Crippen LogP contribution in [-0.2, 0) is 11.2 Å². The second kappa shape index (κ2) is 4.73. The Kier molecular flexibility index (Phi) is 3.32. The summed E-state index contributed by atoms with van der Waals surface area (Å²) >= 11 is 0. The molecule has 0 amide bonds. The summed E-state index contributed by atoms with van der Waals surface area (Å²) < 4.78 is 26.1. The summed E-state index contributed by atoms with van der Waals surface area (Å²) in [5.41, 5.74) is 0.446. The van der Waals surface area contributed by atoms with Crippen LogP contribution in [0, 0.1) is 17.6 Å². The minimum Gasteiger partial charge on any atom is -0.299 e. The van der Waals surface area contributed by atoms with Crippen LogP contribution in [0.25, 0.3) is 0 Å². The SMILES string of the molecule is O=C1CCCCC1Cc1ccc(F)cc1F. The molecule has 1 aromatic rings. The van der Waals surface area contributed by atoms with Crippen molar-refractivity contribution < 1.29 is 13.6 Å². The summed E-state index contributed by atoms with van der Waals surface area (Å²) in [6.45, 7) is 0. The van der Waals surface area contributed by atoms with Gasteiger partial charge < -0.3 is 0 Å². The van der Waals surface area contributed by atoms with E-state index in [1.54, 1.807) is 0 Å². The molecule has 86 valence electrons. The van der Waals surface area contributed by atoms with E-state index in [1.807, 2.05) is 0 Å². The average molecular weight is 224 g/mol. The third-order valence-corrected chi connectivity index (χ3v) is 3.16. The van der Waals surface area contributed by atoms with Crippen molar-refractivity contribution in [3.05, 3.63) is 35.4 Å². The number of benzene rings is 1. The van der Waals surface area contributed by atoms with Gasteiger partial charge in [-0.1, -0.05) is 12.5 Å². The molecule has 1 aromatic carbocycles. The molecular formula is C13H14F2O. The monoisotopic (exact) mass is 224 g/mol. The number of rotatable bonds is 2. The van der Waals surface area contributed by atoms with Crippen LogP contribution in [-0.4, -0.2) is 5.78 Å². The van der Waals surface area contributed by atoms with E-state index < -0.39 is 11.6 Å². The Morgan fingerprint density at radius 1 is 1.25 bits per heavy atom. The van der Waals surface area contributed by atoms with Crippen LogP contribution in [0.3, 0.4) is 0 Å². The van der Waals surface area contributed by atoms with Crippen molar-refractivity contribution >= 4 is 5.78 Å². The van der Waals surface area contributed by atoms with Gasteiger partial charge in [-0.3, -0.25) is 4.79 Å². The number of halogens is 2. The molecule has 1 unspecified atom stereocenters. The van der Waals surface area contributed by atoms with E-state index in [0.29, 0.717) is 18.4 Å². The van der Waals surface area contributed by atoms with Crippen molar-refractivity contribution in [1.29, 1.82) is 0 Å². The van der Waals surface area contributed by atoms with Crippen LogP contribution in [0.2, 0.25) is 0 Å². The van der Waals surface area contributed by atoms with Crippen LogP contribution in [0.5, 0.6) is 0 Å². The predicted octanol–water partition coefficient (Wildman–Crippen LogP) is 3.27. The molecule has 2 rings (SSSR count). The summed E-state index contributed by atoms with van der Waals surface area (Å²) in [4.78, 5) is 11.6. The van der Waals surface area contributed by atoms with Gasteiger partial charge in [-0.15, -0.1) is 0 Å². The molecular weight excluding hydrogens is 210 g/mol. The quantitative estimate of drug-likeness (QED) is 0.753. The fourth-order valence-corrected chi connectivity index (χ4v) is 2.22. The van der Waals surface area contributed by atoms with E-state index in [4.69, 9.17) is 0 Å². The molecule has 1 aliphatic carbocycles. The Morgan fingerprint density at radius 3 is 2.75 bits per heavy atom. The molecule has 0 spiro atoms. The molecule has 0 saturated heterocycles. The van der Waals surface area contributed by atoms with Gasteiger partial charge in [0.1, 0.15) is 17.4 Å². The Hall–Kier alpha value is -1.25. The second-order valence-corrected chi connectivity index (χ2v) is 4.35. The molecule has 1 aliphatic rings. The Bertz CT molecular complexity index is 401. The summed E-state index contributed by atoms with van der Waals surface area (Å²) in [5.74, 6) is -0.974. The van der Waals surface area contributed by atoms with Gasteiger partial charge in [0, 0.05) is 18.4 Å².